The summed E-state index contributed by atoms with van der Waals surface area (Å²) in [4.78, 5) is 0. The van der Waals surface area contributed by atoms with Crippen LogP contribution in [0.1, 0.15) is 46.5 Å². The molecular formula is C11H22O2. The van der Waals surface area contributed by atoms with Gasteiger partial charge in [-0.15, -0.1) is 0 Å². The van der Waals surface area contributed by atoms with Crippen LogP contribution in [0.15, 0.2) is 0 Å². The monoisotopic (exact) mass is 186 g/mol. The molecule has 1 aliphatic carbocycles. The fourth-order valence-electron chi connectivity index (χ4n) is 2.34. The molecule has 0 amide bonds. The second-order valence-corrected chi connectivity index (χ2v) is 5.00. The highest BCUT2D eigenvalue weighted by molar-refractivity contribution is 4.92. The minimum absolute atomic E-state index is 0.274. The molecule has 2 N–H and O–H groups in total. The van der Waals surface area contributed by atoms with Crippen molar-refractivity contribution < 1.29 is 10.2 Å². The fourth-order valence-corrected chi connectivity index (χ4v) is 2.34. The molecule has 2 nitrogen and oxygen atoms in total. The van der Waals surface area contributed by atoms with Crippen LogP contribution in [0.5, 0.6) is 0 Å². The summed E-state index contributed by atoms with van der Waals surface area (Å²) < 4.78 is 0. The first-order valence-corrected chi connectivity index (χ1v) is 5.35. The van der Waals surface area contributed by atoms with Gasteiger partial charge in [-0.3, -0.25) is 0 Å². The van der Waals surface area contributed by atoms with Crippen molar-refractivity contribution in [3.63, 3.8) is 0 Å². The SMILES string of the molecule is CC(C)CC1CCCC(O)C1(C)O. The Labute approximate surface area is 81.0 Å². The van der Waals surface area contributed by atoms with E-state index >= 15 is 0 Å². The molecule has 0 saturated heterocycles. The van der Waals surface area contributed by atoms with Gasteiger partial charge in [0.2, 0.25) is 0 Å². The molecule has 0 aromatic heterocycles. The van der Waals surface area contributed by atoms with Gasteiger partial charge in [-0.2, -0.15) is 0 Å². The summed E-state index contributed by atoms with van der Waals surface area (Å²) in [6.07, 6.45) is 3.35. The van der Waals surface area contributed by atoms with Gasteiger partial charge in [0.1, 0.15) is 0 Å². The highest BCUT2D eigenvalue weighted by Crippen LogP contribution is 2.37. The second-order valence-electron chi connectivity index (χ2n) is 5.00. The van der Waals surface area contributed by atoms with Crippen molar-refractivity contribution >= 4 is 0 Å². The maximum absolute atomic E-state index is 10.1. The molecule has 0 spiro atoms. The molecule has 1 fully saturated rings. The lowest BCUT2D eigenvalue weighted by molar-refractivity contribution is -0.128. The lowest BCUT2D eigenvalue weighted by Crippen LogP contribution is -2.49. The highest BCUT2D eigenvalue weighted by Gasteiger charge is 2.41. The highest BCUT2D eigenvalue weighted by atomic mass is 16.3. The van der Waals surface area contributed by atoms with E-state index in [1.54, 1.807) is 6.92 Å². The van der Waals surface area contributed by atoms with Crippen LogP contribution >= 0.6 is 0 Å². The summed E-state index contributed by atoms with van der Waals surface area (Å²) in [7, 11) is 0. The van der Waals surface area contributed by atoms with E-state index in [1.165, 1.54) is 0 Å². The Morgan fingerprint density at radius 2 is 2.00 bits per heavy atom. The van der Waals surface area contributed by atoms with Gasteiger partial charge in [0.05, 0.1) is 11.7 Å². The number of hydrogen-bond acceptors (Lipinski definition) is 2. The van der Waals surface area contributed by atoms with Crippen LogP contribution in [0, 0.1) is 11.8 Å². The van der Waals surface area contributed by atoms with Gasteiger partial charge in [-0.1, -0.05) is 20.3 Å². The van der Waals surface area contributed by atoms with Crippen LogP contribution < -0.4 is 0 Å². The topological polar surface area (TPSA) is 40.5 Å². The van der Waals surface area contributed by atoms with Gasteiger partial charge in [-0.25, -0.2) is 0 Å². The van der Waals surface area contributed by atoms with Gasteiger partial charge in [0.25, 0.3) is 0 Å². The van der Waals surface area contributed by atoms with Crippen LogP contribution in [0.25, 0.3) is 0 Å². The van der Waals surface area contributed by atoms with Crippen LogP contribution in [-0.4, -0.2) is 21.9 Å². The molecular weight excluding hydrogens is 164 g/mol. The molecule has 0 aromatic carbocycles. The van der Waals surface area contributed by atoms with Gasteiger partial charge >= 0.3 is 0 Å². The van der Waals surface area contributed by atoms with Gasteiger partial charge < -0.3 is 10.2 Å². The number of hydrogen-bond donors (Lipinski definition) is 2. The summed E-state index contributed by atoms with van der Waals surface area (Å²) >= 11 is 0. The molecule has 1 saturated carbocycles. The average Bonchev–Trinajstić information content (AvgIpc) is 1.99. The summed E-state index contributed by atoms with van der Waals surface area (Å²) in [5, 5.41) is 19.8. The number of aliphatic hydroxyl groups excluding tert-OH is 1. The van der Waals surface area contributed by atoms with E-state index in [4.69, 9.17) is 0 Å². The first kappa shape index (κ1) is 11.0. The second kappa shape index (κ2) is 3.97. The Bertz CT molecular complexity index is 163. The molecule has 0 aromatic rings. The van der Waals surface area contributed by atoms with Crippen molar-refractivity contribution in [2.75, 3.05) is 0 Å². The Kier molecular flexibility index (Phi) is 3.36. The van der Waals surface area contributed by atoms with Gasteiger partial charge in [-0.05, 0) is 38.0 Å². The first-order valence-electron chi connectivity index (χ1n) is 5.35. The van der Waals surface area contributed by atoms with E-state index in [-0.39, 0.29) is 5.92 Å². The zero-order valence-electron chi connectivity index (χ0n) is 8.95. The molecule has 3 atom stereocenters. The summed E-state index contributed by atoms with van der Waals surface area (Å²) in [5.74, 6) is 0.873. The molecule has 0 radical (unpaired) electrons. The average molecular weight is 186 g/mol. The third-order valence-electron chi connectivity index (χ3n) is 3.29. The molecule has 13 heavy (non-hydrogen) atoms. The van der Waals surface area contributed by atoms with Crippen molar-refractivity contribution in [3.8, 4) is 0 Å². The van der Waals surface area contributed by atoms with E-state index < -0.39 is 11.7 Å². The zero-order valence-corrected chi connectivity index (χ0v) is 8.95. The summed E-state index contributed by atoms with van der Waals surface area (Å²) in [6.45, 7) is 6.11. The van der Waals surface area contributed by atoms with Gasteiger partial charge in [0.15, 0.2) is 0 Å². The predicted octanol–water partition coefficient (Wildman–Crippen LogP) is 1.94. The van der Waals surface area contributed by atoms with Crippen molar-refractivity contribution in [3.05, 3.63) is 0 Å². The largest absolute Gasteiger partial charge is 0.390 e. The summed E-state index contributed by atoms with van der Waals surface area (Å²) in [6, 6.07) is 0. The Morgan fingerprint density at radius 1 is 1.38 bits per heavy atom. The van der Waals surface area contributed by atoms with E-state index in [2.05, 4.69) is 13.8 Å². The summed E-state index contributed by atoms with van der Waals surface area (Å²) in [5.41, 5.74) is -0.859. The van der Waals surface area contributed by atoms with Crippen molar-refractivity contribution in [1.29, 1.82) is 0 Å². The Balaban J connectivity index is 2.61. The third kappa shape index (κ3) is 2.44. The van der Waals surface area contributed by atoms with Gasteiger partial charge in [0, 0.05) is 0 Å². The first-order chi connectivity index (χ1) is 5.94. The van der Waals surface area contributed by atoms with E-state index in [0.29, 0.717) is 5.92 Å². The van der Waals surface area contributed by atoms with Crippen LogP contribution in [0.3, 0.4) is 0 Å². The number of aliphatic hydroxyl groups is 2. The molecule has 3 unspecified atom stereocenters. The van der Waals surface area contributed by atoms with Crippen LogP contribution in [0.2, 0.25) is 0 Å². The van der Waals surface area contributed by atoms with E-state index in [0.717, 1.165) is 25.7 Å². The maximum atomic E-state index is 10.1. The zero-order chi connectivity index (χ0) is 10.1. The quantitative estimate of drug-likeness (QED) is 0.692. The van der Waals surface area contributed by atoms with Crippen molar-refractivity contribution in [2.45, 2.75) is 58.2 Å². The molecule has 2 heteroatoms. The van der Waals surface area contributed by atoms with E-state index in [1.807, 2.05) is 0 Å². The maximum Gasteiger partial charge on any atom is 0.0905 e. The minimum atomic E-state index is -0.859. The van der Waals surface area contributed by atoms with E-state index in [9.17, 15) is 10.2 Å². The predicted molar refractivity (Wildman–Crippen MR) is 53.4 cm³/mol. The Morgan fingerprint density at radius 3 is 2.54 bits per heavy atom. The molecule has 78 valence electrons. The molecule has 1 aliphatic rings. The fraction of sp³-hybridized carbons (Fsp3) is 1.00. The molecule has 0 heterocycles. The normalized spacial score (nSPS) is 41.1. The minimum Gasteiger partial charge on any atom is -0.390 e. The van der Waals surface area contributed by atoms with Crippen LogP contribution in [-0.2, 0) is 0 Å². The molecule has 0 aliphatic heterocycles. The van der Waals surface area contributed by atoms with Crippen molar-refractivity contribution in [1.82, 2.24) is 0 Å². The Hall–Kier alpha value is -0.0800. The standard InChI is InChI=1S/C11H22O2/c1-8(2)7-9-5-4-6-10(12)11(9,3)13/h8-10,12-13H,4-7H2,1-3H3. The number of rotatable bonds is 2. The molecule has 0 bridgehead atoms. The third-order valence-corrected chi connectivity index (χ3v) is 3.29. The lowest BCUT2D eigenvalue weighted by atomic mass is 9.71. The molecule has 1 rings (SSSR count). The lowest BCUT2D eigenvalue weighted by Gasteiger charge is -2.41. The van der Waals surface area contributed by atoms with Crippen LogP contribution in [0.4, 0.5) is 0 Å². The van der Waals surface area contributed by atoms with Crippen molar-refractivity contribution in [2.24, 2.45) is 11.8 Å². The smallest absolute Gasteiger partial charge is 0.0905 e.